The quantitative estimate of drug-likeness (QED) is 0.926. The summed E-state index contributed by atoms with van der Waals surface area (Å²) < 4.78 is 0. The van der Waals surface area contributed by atoms with Gasteiger partial charge in [0.25, 0.3) is 0 Å². The van der Waals surface area contributed by atoms with Gasteiger partial charge in [-0.05, 0) is 37.1 Å². The van der Waals surface area contributed by atoms with Gasteiger partial charge in [0, 0.05) is 48.3 Å². The minimum absolute atomic E-state index is 0.143. The fourth-order valence-electron chi connectivity index (χ4n) is 2.85. The summed E-state index contributed by atoms with van der Waals surface area (Å²) in [5, 5.41) is 5.26. The Morgan fingerprint density at radius 3 is 3.10 bits per heavy atom. The largest absolute Gasteiger partial charge is 0.380 e. The molecule has 21 heavy (non-hydrogen) atoms. The van der Waals surface area contributed by atoms with Gasteiger partial charge in [-0.1, -0.05) is 11.6 Å². The lowest BCUT2D eigenvalue weighted by Gasteiger charge is -2.33. The van der Waals surface area contributed by atoms with Crippen LogP contribution in [0.5, 0.6) is 0 Å². The smallest absolute Gasteiger partial charge is 0.219 e. The number of hydrogen-bond acceptors (Lipinski definition) is 3. The molecule has 1 atom stereocenters. The van der Waals surface area contributed by atoms with Crippen LogP contribution in [0.2, 0.25) is 5.02 Å². The normalized spacial score (nSPS) is 18.8. The van der Waals surface area contributed by atoms with Crippen molar-refractivity contribution in [3.8, 4) is 0 Å². The van der Waals surface area contributed by atoms with Gasteiger partial charge in [-0.3, -0.25) is 9.78 Å². The lowest BCUT2D eigenvalue weighted by molar-refractivity contribution is -0.129. The van der Waals surface area contributed by atoms with E-state index in [-0.39, 0.29) is 11.9 Å². The van der Waals surface area contributed by atoms with E-state index < -0.39 is 0 Å². The second-order valence-corrected chi connectivity index (χ2v) is 5.90. The highest BCUT2D eigenvalue weighted by Gasteiger charge is 2.21. The van der Waals surface area contributed by atoms with Gasteiger partial charge in [0.15, 0.2) is 0 Å². The number of likely N-dealkylation sites (tertiary alicyclic amines) is 1. The summed E-state index contributed by atoms with van der Waals surface area (Å²) in [6.45, 7) is 3.24. The zero-order chi connectivity index (χ0) is 14.8. The summed E-state index contributed by atoms with van der Waals surface area (Å²) in [6.07, 6.45) is 3.89. The molecule has 0 radical (unpaired) electrons. The van der Waals surface area contributed by atoms with Crippen LogP contribution in [0.15, 0.2) is 30.5 Å². The molecule has 3 rings (SSSR count). The molecule has 1 aliphatic rings. The monoisotopic (exact) mass is 303 g/mol. The Balaban J connectivity index is 1.84. The molecule has 4 nitrogen and oxygen atoms in total. The number of carbonyl (C=O) groups excluding carboxylic acids is 1. The van der Waals surface area contributed by atoms with Crippen LogP contribution < -0.4 is 5.32 Å². The van der Waals surface area contributed by atoms with Gasteiger partial charge in [-0.15, -0.1) is 0 Å². The number of piperidine rings is 1. The van der Waals surface area contributed by atoms with Crippen molar-refractivity contribution in [3.05, 3.63) is 35.5 Å². The van der Waals surface area contributed by atoms with Gasteiger partial charge < -0.3 is 10.2 Å². The number of rotatable bonds is 2. The summed E-state index contributed by atoms with van der Waals surface area (Å²) in [5.74, 6) is 0.143. The molecule has 1 fully saturated rings. The molecule has 0 spiro atoms. The Kier molecular flexibility index (Phi) is 3.97. The number of halogens is 1. The van der Waals surface area contributed by atoms with Crippen LogP contribution in [-0.4, -0.2) is 34.9 Å². The molecule has 0 aliphatic carbocycles. The molecular formula is C16H18ClN3O. The Morgan fingerprint density at radius 1 is 1.43 bits per heavy atom. The van der Waals surface area contributed by atoms with E-state index in [1.54, 1.807) is 13.1 Å². The van der Waals surface area contributed by atoms with Crippen molar-refractivity contribution in [2.75, 3.05) is 18.4 Å². The van der Waals surface area contributed by atoms with Crippen LogP contribution in [0.3, 0.4) is 0 Å². The summed E-state index contributed by atoms with van der Waals surface area (Å²) in [7, 11) is 0. The van der Waals surface area contributed by atoms with Crippen molar-refractivity contribution < 1.29 is 4.79 Å². The number of nitrogens with zero attached hydrogens (tertiary/aromatic N) is 2. The number of anilines is 1. The number of nitrogens with one attached hydrogen (secondary N) is 1. The van der Waals surface area contributed by atoms with Crippen LogP contribution in [0.4, 0.5) is 5.69 Å². The standard InChI is InChI=1S/C16H18ClN3O/c1-11(21)20-8-2-3-13(10-20)19-16-6-7-18-15-5-4-12(17)9-14(15)16/h4-7,9,13H,2-3,8,10H2,1H3,(H,18,19). The number of carbonyl (C=O) groups is 1. The van der Waals surface area contributed by atoms with Crippen LogP contribution in [0, 0.1) is 0 Å². The van der Waals surface area contributed by atoms with Crippen molar-refractivity contribution in [1.29, 1.82) is 0 Å². The summed E-state index contributed by atoms with van der Waals surface area (Å²) >= 11 is 6.09. The molecular weight excluding hydrogens is 286 g/mol. The third-order valence-corrected chi connectivity index (χ3v) is 4.17. The fraction of sp³-hybridized carbons (Fsp3) is 0.375. The first-order valence-electron chi connectivity index (χ1n) is 7.20. The van der Waals surface area contributed by atoms with Gasteiger partial charge in [-0.25, -0.2) is 0 Å². The Labute approximate surface area is 129 Å². The summed E-state index contributed by atoms with van der Waals surface area (Å²) in [5.41, 5.74) is 1.95. The number of fused-ring (bicyclic) bond motifs is 1. The SMILES string of the molecule is CC(=O)N1CCCC(Nc2ccnc3ccc(Cl)cc23)C1. The van der Waals surface area contributed by atoms with E-state index in [0.717, 1.165) is 42.5 Å². The predicted molar refractivity (Wildman–Crippen MR) is 85.7 cm³/mol. The van der Waals surface area contributed by atoms with Crippen molar-refractivity contribution in [2.45, 2.75) is 25.8 Å². The molecule has 0 saturated carbocycles. The summed E-state index contributed by atoms with van der Waals surface area (Å²) in [4.78, 5) is 17.8. The topological polar surface area (TPSA) is 45.2 Å². The van der Waals surface area contributed by atoms with E-state index in [9.17, 15) is 4.79 Å². The molecule has 110 valence electrons. The van der Waals surface area contributed by atoms with Crippen LogP contribution in [0.25, 0.3) is 10.9 Å². The van der Waals surface area contributed by atoms with Gasteiger partial charge in [-0.2, -0.15) is 0 Å². The molecule has 1 N–H and O–H groups in total. The second kappa shape index (κ2) is 5.90. The van der Waals surface area contributed by atoms with Gasteiger partial charge >= 0.3 is 0 Å². The van der Waals surface area contributed by atoms with Crippen molar-refractivity contribution >= 4 is 34.1 Å². The first-order chi connectivity index (χ1) is 10.1. The van der Waals surface area contributed by atoms with Gasteiger partial charge in [0.1, 0.15) is 0 Å². The van der Waals surface area contributed by atoms with Crippen LogP contribution >= 0.6 is 11.6 Å². The molecule has 1 unspecified atom stereocenters. The molecule has 1 aromatic heterocycles. The number of hydrogen-bond donors (Lipinski definition) is 1. The fourth-order valence-corrected chi connectivity index (χ4v) is 3.02. The molecule has 5 heteroatoms. The van der Waals surface area contributed by atoms with E-state index in [0.29, 0.717) is 5.02 Å². The third kappa shape index (κ3) is 3.10. The van der Waals surface area contributed by atoms with Crippen molar-refractivity contribution in [2.24, 2.45) is 0 Å². The number of amides is 1. The van der Waals surface area contributed by atoms with E-state index in [4.69, 9.17) is 11.6 Å². The van der Waals surface area contributed by atoms with E-state index in [1.807, 2.05) is 29.2 Å². The first kappa shape index (κ1) is 14.1. The highest BCUT2D eigenvalue weighted by Crippen LogP contribution is 2.26. The van der Waals surface area contributed by atoms with Crippen molar-refractivity contribution in [3.63, 3.8) is 0 Å². The first-order valence-corrected chi connectivity index (χ1v) is 7.57. The maximum atomic E-state index is 11.5. The predicted octanol–water partition coefficient (Wildman–Crippen LogP) is 3.31. The average molecular weight is 304 g/mol. The lowest BCUT2D eigenvalue weighted by Crippen LogP contribution is -2.44. The minimum atomic E-state index is 0.143. The maximum absolute atomic E-state index is 11.5. The van der Waals surface area contributed by atoms with E-state index in [1.165, 1.54) is 0 Å². The van der Waals surface area contributed by atoms with Crippen LogP contribution in [-0.2, 0) is 4.79 Å². The highest BCUT2D eigenvalue weighted by atomic mass is 35.5. The number of pyridine rings is 1. The Bertz CT molecular complexity index is 674. The van der Waals surface area contributed by atoms with Crippen molar-refractivity contribution in [1.82, 2.24) is 9.88 Å². The van der Waals surface area contributed by atoms with Gasteiger partial charge in [0.2, 0.25) is 5.91 Å². The molecule has 2 heterocycles. The zero-order valence-corrected chi connectivity index (χ0v) is 12.7. The lowest BCUT2D eigenvalue weighted by atomic mass is 10.0. The Morgan fingerprint density at radius 2 is 2.29 bits per heavy atom. The molecule has 1 aromatic carbocycles. The molecule has 1 amide bonds. The molecule has 1 aliphatic heterocycles. The highest BCUT2D eigenvalue weighted by molar-refractivity contribution is 6.31. The van der Waals surface area contributed by atoms with E-state index >= 15 is 0 Å². The third-order valence-electron chi connectivity index (χ3n) is 3.93. The molecule has 1 saturated heterocycles. The van der Waals surface area contributed by atoms with Crippen LogP contribution in [0.1, 0.15) is 19.8 Å². The molecule has 2 aromatic rings. The summed E-state index contributed by atoms with van der Waals surface area (Å²) in [6, 6.07) is 7.93. The van der Waals surface area contributed by atoms with E-state index in [2.05, 4.69) is 10.3 Å². The number of aromatic nitrogens is 1. The Hall–Kier alpha value is -1.81. The number of benzene rings is 1. The zero-order valence-electron chi connectivity index (χ0n) is 12.0. The minimum Gasteiger partial charge on any atom is -0.380 e. The van der Waals surface area contributed by atoms with Gasteiger partial charge in [0.05, 0.1) is 5.52 Å². The second-order valence-electron chi connectivity index (χ2n) is 5.47. The maximum Gasteiger partial charge on any atom is 0.219 e. The molecule has 0 bridgehead atoms. The average Bonchev–Trinajstić information content (AvgIpc) is 2.48.